The second kappa shape index (κ2) is 8.55. The van der Waals surface area contributed by atoms with Gasteiger partial charge < -0.3 is 20.3 Å². The SMILES string of the molecule is COc1ccc(Nc2ccccc2C(=O)N2CCCC(C(=O)NC3CC3)C2)cc1. The summed E-state index contributed by atoms with van der Waals surface area (Å²) in [6, 6.07) is 15.4. The molecule has 1 aliphatic carbocycles. The third-order valence-corrected chi connectivity index (χ3v) is 5.53. The first-order valence-corrected chi connectivity index (χ1v) is 10.2. The number of para-hydroxylation sites is 1. The van der Waals surface area contributed by atoms with Crippen LogP contribution in [0.1, 0.15) is 36.0 Å². The van der Waals surface area contributed by atoms with E-state index in [0.29, 0.717) is 24.7 Å². The molecule has 1 saturated carbocycles. The lowest BCUT2D eigenvalue weighted by atomic mass is 9.96. The number of likely N-dealkylation sites (tertiary alicyclic amines) is 1. The van der Waals surface area contributed by atoms with Crippen molar-refractivity contribution in [1.29, 1.82) is 0 Å². The van der Waals surface area contributed by atoms with E-state index >= 15 is 0 Å². The molecule has 1 heterocycles. The molecule has 6 heteroatoms. The number of nitrogens with one attached hydrogen (secondary N) is 2. The molecule has 4 rings (SSSR count). The summed E-state index contributed by atoms with van der Waals surface area (Å²) in [7, 11) is 1.63. The summed E-state index contributed by atoms with van der Waals surface area (Å²) in [5.74, 6) is 0.721. The highest BCUT2D eigenvalue weighted by molar-refractivity contribution is 6.00. The third-order valence-electron chi connectivity index (χ3n) is 5.53. The summed E-state index contributed by atoms with van der Waals surface area (Å²) < 4.78 is 5.20. The Hall–Kier alpha value is -3.02. The average Bonchev–Trinajstić information content (AvgIpc) is 3.58. The van der Waals surface area contributed by atoms with Crippen LogP contribution in [0.3, 0.4) is 0 Å². The van der Waals surface area contributed by atoms with E-state index in [1.54, 1.807) is 7.11 Å². The van der Waals surface area contributed by atoms with Crippen molar-refractivity contribution in [2.24, 2.45) is 5.92 Å². The maximum absolute atomic E-state index is 13.2. The van der Waals surface area contributed by atoms with Crippen LogP contribution < -0.4 is 15.4 Å². The maximum Gasteiger partial charge on any atom is 0.255 e. The summed E-state index contributed by atoms with van der Waals surface area (Å²) >= 11 is 0. The van der Waals surface area contributed by atoms with Crippen LogP contribution in [0.15, 0.2) is 48.5 Å². The average molecular weight is 393 g/mol. The Morgan fingerprint density at radius 2 is 1.79 bits per heavy atom. The van der Waals surface area contributed by atoms with Gasteiger partial charge in [-0.2, -0.15) is 0 Å². The molecule has 6 nitrogen and oxygen atoms in total. The molecule has 0 spiro atoms. The Bertz CT molecular complexity index is 877. The van der Waals surface area contributed by atoms with Gasteiger partial charge in [-0.1, -0.05) is 12.1 Å². The van der Waals surface area contributed by atoms with Gasteiger partial charge in [-0.3, -0.25) is 9.59 Å². The molecule has 2 aromatic carbocycles. The molecule has 0 radical (unpaired) electrons. The number of amides is 2. The minimum atomic E-state index is -0.116. The largest absolute Gasteiger partial charge is 0.497 e. The van der Waals surface area contributed by atoms with Gasteiger partial charge in [0.1, 0.15) is 5.75 Å². The van der Waals surface area contributed by atoms with Gasteiger partial charge in [-0.25, -0.2) is 0 Å². The zero-order chi connectivity index (χ0) is 20.2. The monoisotopic (exact) mass is 393 g/mol. The van der Waals surface area contributed by atoms with Gasteiger partial charge in [-0.05, 0) is 62.1 Å². The van der Waals surface area contributed by atoms with Crippen molar-refractivity contribution in [1.82, 2.24) is 10.2 Å². The smallest absolute Gasteiger partial charge is 0.255 e. The zero-order valence-electron chi connectivity index (χ0n) is 16.7. The normalized spacial score (nSPS) is 18.8. The first-order chi connectivity index (χ1) is 14.1. The van der Waals surface area contributed by atoms with Crippen LogP contribution in [0, 0.1) is 5.92 Å². The highest BCUT2D eigenvalue weighted by atomic mass is 16.5. The molecule has 2 N–H and O–H groups in total. The Kier molecular flexibility index (Phi) is 5.69. The first kappa shape index (κ1) is 19.3. The van der Waals surface area contributed by atoms with Crippen LogP contribution in [0.5, 0.6) is 5.75 Å². The Morgan fingerprint density at radius 3 is 2.52 bits per heavy atom. The molecular weight excluding hydrogens is 366 g/mol. The second-order valence-corrected chi connectivity index (χ2v) is 7.77. The van der Waals surface area contributed by atoms with E-state index < -0.39 is 0 Å². The highest BCUT2D eigenvalue weighted by Gasteiger charge is 2.32. The minimum Gasteiger partial charge on any atom is -0.497 e. The molecule has 1 saturated heterocycles. The maximum atomic E-state index is 13.2. The molecule has 2 aliphatic rings. The predicted molar refractivity (Wildman–Crippen MR) is 113 cm³/mol. The van der Waals surface area contributed by atoms with Crippen molar-refractivity contribution in [3.8, 4) is 5.75 Å². The molecule has 0 aromatic heterocycles. The summed E-state index contributed by atoms with van der Waals surface area (Å²) in [5.41, 5.74) is 2.25. The predicted octanol–water partition coefficient (Wildman–Crippen LogP) is 3.57. The topological polar surface area (TPSA) is 70.7 Å². The van der Waals surface area contributed by atoms with E-state index in [0.717, 1.165) is 42.8 Å². The van der Waals surface area contributed by atoms with E-state index in [2.05, 4.69) is 10.6 Å². The van der Waals surface area contributed by atoms with Gasteiger partial charge in [-0.15, -0.1) is 0 Å². The molecule has 1 atom stereocenters. The van der Waals surface area contributed by atoms with Crippen LogP contribution in [-0.4, -0.2) is 43.0 Å². The zero-order valence-corrected chi connectivity index (χ0v) is 16.7. The van der Waals surface area contributed by atoms with Crippen molar-refractivity contribution in [3.63, 3.8) is 0 Å². The number of anilines is 2. The highest BCUT2D eigenvalue weighted by Crippen LogP contribution is 2.27. The fourth-order valence-electron chi connectivity index (χ4n) is 3.70. The molecule has 2 aromatic rings. The summed E-state index contributed by atoms with van der Waals surface area (Å²) in [5, 5.41) is 6.41. The summed E-state index contributed by atoms with van der Waals surface area (Å²) in [6.07, 6.45) is 3.84. The number of benzene rings is 2. The number of hydrogen-bond donors (Lipinski definition) is 2. The summed E-state index contributed by atoms with van der Waals surface area (Å²) in [4.78, 5) is 27.5. The van der Waals surface area contributed by atoms with Crippen LogP contribution in [0.4, 0.5) is 11.4 Å². The number of carbonyl (C=O) groups is 2. The van der Waals surface area contributed by atoms with E-state index in [1.165, 1.54) is 0 Å². The molecule has 1 aliphatic heterocycles. The number of hydrogen-bond acceptors (Lipinski definition) is 4. The second-order valence-electron chi connectivity index (χ2n) is 7.77. The summed E-state index contributed by atoms with van der Waals surface area (Å²) in [6.45, 7) is 1.16. The first-order valence-electron chi connectivity index (χ1n) is 10.2. The van der Waals surface area contributed by atoms with E-state index in [-0.39, 0.29) is 17.7 Å². The van der Waals surface area contributed by atoms with Crippen molar-refractivity contribution < 1.29 is 14.3 Å². The van der Waals surface area contributed by atoms with Crippen LogP contribution in [0.25, 0.3) is 0 Å². The number of ether oxygens (including phenoxy) is 1. The Labute approximate surface area is 171 Å². The lowest BCUT2D eigenvalue weighted by Crippen LogP contribution is -2.46. The number of piperidine rings is 1. The fourth-order valence-corrected chi connectivity index (χ4v) is 3.70. The number of methoxy groups -OCH3 is 1. The Morgan fingerprint density at radius 1 is 1.03 bits per heavy atom. The van der Waals surface area contributed by atoms with Gasteiger partial charge in [0.2, 0.25) is 5.91 Å². The molecule has 2 amide bonds. The van der Waals surface area contributed by atoms with Gasteiger partial charge >= 0.3 is 0 Å². The van der Waals surface area contributed by atoms with Crippen molar-refractivity contribution in [3.05, 3.63) is 54.1 Å². The number of nitrogens with zero attached hydrogens (tertiary/aromatic N) is 1. The van der Waals surface area contributed by atoms with Crippen molar-refractivity contribution in [2.75, 3.05) is 25.5 Å². The number of carbonyl (C=O) groups excluding carboxylic acids is 2. The van der Waals surface area contributed by atoms with Gasteiger partial charge in [0.25, 0.3) is 5.91 Å². The van der Waals surface area contributed by atoms with Crippen molar-refractivity contribution >= 4 is 23.2 Å². The van der Waals surface area contributed by atoms with Gasteiger partial charge in [0, 0.05) is 24.8 Å². The van der Waals surface area contributed by atoms with Crippen LogP contribution in [-0.2, 0) is 4.79 Å². The standard InChI is InChI=1S/C23H27N3O3/c1-29-19-12-10-17(11-13-19)24-21-7-3-2-6-20(21)23(28)26-14-4-5-16(15-26)22(27)25-18-8-9-18/h2-3,6-7,10-13,16,18,24H,4-5,8-9,14-15H2,1H3,(H,25,27). The van der Waals surface area contributed by atoms with E-state index in [9.17, 15) is 9.59 Å². The van der Waals surface area contributed by atoms with Crippen molar-refractivity contribution in [2.45, 2.75) is 31.7 Å². The molecule has 0 bridgehead atoms. The molecule has 2 fully saturated rings. The molecule has 152 valence electrons. The Balaban J connectivity index is 1.47. The molecule has 1 unspecified atom stereocenters. The van der Waals surface area contributed by atoms with Gasteiger partial charge in [0.05, 0.1) is 24.3 Å². The van der Waals surface area contributed by atoms with Crippen LogP contribution >= 0.6 is 0 Å². The van der Waals surface area contributed by atoms with E-state index in [1.807, 2.05) is 53.4 Å². The lowest BCUT2D eigenvalue weighted by molar-refractivity contribution is -0.126. The number of rotatable bonds is 6. The fraction of sp³-hybridized carbons (Fsp3) is 0.391. The third kappa shape index (κ3) is 4.70. The van der Waals surface area contributed by atoms with Crippen LogP contribution in [0.2, 0.25) is 0 Å². The lowest BCUT2D eigenvalue weighted by Gasteiger charge is -2.32. The minimum absolute atomic E-state index is 0.0365. The van der Waals surface area contributed by atoms with E-state index in [4.69, 9.17) is 4.74 Å². The quantitative estimate of drug-likeness (QED) is 0.787. The molecule has 29 heavy (non-hydrogen) atoms. The molecular formula is C23H27N3O3. The van der Waals surface area contributed by atoms with Gasteiger partial charge in [0.15, 0.2) is 0 Å².